The normalized spacial score (nSPS) is 13.3. The van der Waals surface area contributed by atoms with E-state index in [1.54, 1.807) is 0 Å². The Hall–Kier alpha value is -3.26. The maximum absolute atomic E-state index is 6.19. The Bertz CT molecular complexity index is 1030. The summed E-state index contributed by atoms with van der Waals surface area (Å²) >= 11 is 0. The highest BCUT2D eigenvalue weighted by Crippen LogP contribution is 2.47. The van der Waals surface area contributed by atoms with Crippen molar-refractivity contribution in [2.24, 2.45) is 0 Å². The van der Waals surface area contributed by atoms with Crippen LogP contribution in [0.2, 0.25) is 0 Å². The number of benzene rings is 3. The fourth-order valence-electron chi connectivity index (χ4n) is 3.51. The molecule has 0 aromatic heterocycles. The van der Waals surface area contributed by atoms with Gasteiger partial charge in [-0.05, 0) is 60.4 Å². The van der Waals surface area contributed by atoms with Gasteiger partial charge in [0.25, 0.3) is 0 Å². The first-order valence-electron chi connectivity index (χ1n) is 9.25. The maximum atomic E-state index is 6.19. The molecule has 0 spiro atoms. The minimum atomic E-state index is 0.886. The summed E-state index contributed by atoms with van der Waals surface area (Å²) in [5.74, 6) is 1.77. The summed E-state index contributed by atoms with van der Waals surface area (Å²) < 4.78 is 6.19. The third-order valence-electron chi connectivity index (χ3n) is 4.96. The second-order valence-corrected chi connectivity index (χ2v) is 6.64. The van der Waals surface area contributed by atoms with Crippen LogP contribution in [0.3, 0.4) is 0 Å². The summed E-state index contributed by atoms with van der Waals surface area (Å²) in [5.41, 5.74) is 6.94. The van der Waals surface area contributed by atoms with Gasteiger partial charge in [0, 0.05) is 7.05 Å². The van der Waals surface area contributed by atoms with E-state index in [1.165, 1.54) is 22.3 Å². The van der Waals surface area contributed by atoms with E-state index in [4.69, 9.17) is 4.74 Å². The molecule has 0 saturated carbocycles. The summed E-state index contributed by atoms with van der Waals surface area (Å²) in [6.07, 6.45) is 6.33. The molecule has 0 N–H and O–H groups in total. The number of hydrogen-bond donors (Lipinski definition) is 0. The molecule has 4 rings (SSSR count). The number of fused-ring (bicyclic) bond motifs is 2. The molecule has 0 bridgehead atoms. The van der Waals surface area contributed by atoms with Crippen molar-refractivity contribution in [3.05, 3.63) is 90.5 Å². The molecule has 1 heterocycles. The van der Waals surface area contributed by atoms with Crippen LogP contribution in [0.1, 0.15) is 19.4 Å². The quantitative estimate of drug-likeness (QED) is 0.461. The Morgan fingerprint density at radius 2 is 1.52 bits per heavy atom. The van der Waals surface area contributed by atoms with Gasteiger partial charge in [0.15, 0.2) is 11.5 Å². The predicted octanol–water partition coefficient (Wildman–Crippen LogP) is 7.21. The van der Waals surface area contributed by atoms with Crippen LogP contribution in [-0.4, -0.2) is 7.05 Å². The summed E-state index contributed by atoms with van der Waals surface area (Å²) in [5, 5.41) is 0. The van der Waals surface area contributed by atoms with E-state index in [-0.39, 0.29) is 0 Å². The highest BCUT2D eigenvalue weighted by Gasteiger charge is 2.22. The summed E-state index contributed by atoms with van der Waals surface area (Å²) in [6.45, 7) is 4.11. The molecular weight excluding hydrogens is 330 g/mol. The molecule has 0 amide bonds. The van der Waals surface area contributed by atoms with Crippen LogP contribution in [0.4, 0.5) is 11.4 Å². The molecule has 0 fully saturated rings. The fourth-order valence-corrected chi connectivity index (χ4v) is 3.51. The largest absolute Gasteiger partial charge is 0.453 e. The second kappa shape index (κ2) is 7.16. The van der Waals surface area contributed by atoms with Gasteiger partial charge in [-0.2, -0.15) is 0 Å². The molecule has 1 aliphatic heterocycles. The summed E-state index contributed by atoms with van der Waals surface area (Å²) in [7, 11) is 2.10. The minimum absolute atomic E-state index is 0.886. The molecule has 2 nitrogen and oxygen atoms in total. The van der Waals surface area contributed by atoms with Gasteiger partial charge < -0.3 is 9.64 Å². The van der Waals surface area contributed by atoms with Crippen molar-refractivity contribution in [2.75, 3.05) is 11.9 Å². The smallest absolute Gasteiger partial charge is 0.151 e. The third-order valence-corrected chi connectivity index (χ3v) is 4.96. The molecule has 0 unspecified atom stereocenters. The lowest BCUT2D eigenvalue weighted by Crippen LogP contribution is -2.16. The number of hydrogen-bond acceptors (Lipinski definition) is 2. The van der Waals surface area contributed by atoms with Gasteiger partial charge in [-0.15, -0.1) is 0 Å². The zero-order valence-electron chi connectivity index (χ0n) is 15.9. The molecule has 3 aromatic rings. The van der Waals surface area contributed by atoms with Crippen molar-refractivity contribution >= 4 is 16.9 Å². The van der Waals surface area contributed by atoms with Gasteiger partial charge in [-0.3, -0.25) is 0 Å². The average molecular weight is 353 g/mol. The van der Waals surface area contributed by atoms with Crippen LogP contribution in [0.15, 0.2) is 85.0 Å². The van der Waals surface area contributed by atoms with E-state index in [1.807, 2.05) is 13.0 Å². The Kier molecular flexibility index (Phi) is 4.55. The van der Waals surface area contributed by atoms with Crippen molar-refractivity contribution < 1.29 is 4.74 Å². The molecule has 134 valence electrons. The van der Waals surface area contributed by atoms with Crippen LogP contribution in [0, 0.1) is 0 Å². The van der Waals surface area contributed by atoms with Crippen molar-refractivity contribution in [1.29, 1.82) is 0 Å². The van der Waals surface area contributed by atoms with Gasteiger partial charge in [0.05, 0.1) is 11.4 Å². The van der Waals surface area contributed by atoms with E-state index in [2.05, 4.69) is 97.8 Å². The van der Waals surface area contributed by atoms with Gasteiger partial charge in [0.2, 0.25) is 0 Å². The predicted molar refractivity (Wildman–Crippen MR) is 115 cm³/mol. The van der Waals surface area contributed by atoms with E-state index in [0.29, 0.717) is 0 Å². The zero-order chi connectivity index (χ0) is 18.8. The van der Waals surface area contributed by atoms with Crippen molar-refractivity contribution in [3.63, 3.8) is 0 Å². The first kappa shape index (κ1) is 17.2. The number of ether oxygens (including phenoxy) is 1. The lowest BCUT2D eigenvalue weighted by atomic mass is 10.0. The molecule has 2 heteroatoms. The Balaban J connectivity index is 1.76. The van der Waals surface area contributed by atoms with E-state index >= 15 is 0 Å². The first-order chi connectivity index (χ1) is 13.2. The molecule has 3 aromatic carbocycles. The molecule has 1 aliphatic rings. The molecule has 27 heavy (non-hydrogen) atoms. The van der Waals surface area contributed by atoms with Crippen LogP contribution < -0.4 is 9.64 Å². The monoisotopic (exact) mass is 353 g/mol. The van der Waals surface area contributed by atoms with Crippen LogP contribution in [0.25, 0.3) is 16.7 Å². The average Bonchev–Trinajstić information content (AvgIpc) is 2.72. The highest BCUT2D eigenvalue weighted by molar-refractivity contribution is 5.84. The SMILES string of the molecule is CC=CC(=CC)c1ccc2c(c1)N(C)c1cc(-c3ccccc3)ccc1O2. The molecule has 0 aliphatic carbocycles. The minimum Gasteiger partial charge on any atom is -0.453 e. The Morgan fingerprint density at radius 1 is 0.815 bits per heavy atom. The van der Waals surface area contributed by atoms with Crippen molar-refractivity contribution in [2.45, 2.75) is 13.8 Å². The van der Waals surface area contributed by atoms with Gasteiger partial charge >= 0.3 is 0 Å². The van der Waals surface area contributed by atoms with Crippen LogP contribution in [0.5, 0.6) is 11.5 Å². The first-order valence-corrected chi connectivity index (χ1v) is 9.25. The number of rotatable bonds is 3. The molecule has 0 atom stereocenters. The van der Waals surface area contributed by atoms with Crippen molar-refractivity contribution in [3.8, 4) is 22.6 Å². The fraction of sp³-hybridized carbons (Fsp3) is 0.120. The highest BCUT2D eigenvalue weighted by atomic mass is 16.5. The molecule has 0 saturated heterocycles. The van der Waals surface area contributed by atoms with Crippen molar-refractivity contribution in [1.82, 2.24) is 0 Å². The topological polar surface area (TPSA) is 12.5 Å². The van der Waals surface area contributed by atoms with Crippen LogP contribution >= 0.6 is 0 Å². The Labute approximate surface area is 161 Å². The second-order valence-electron chi connectivity index (χ2n) is 6.64. The zero-order valence-corrected chi connectivity index (χ0v) is 15.9. The standard InChI is InChI=1S/C25H23NO/c1-4-9-18(5-2)20-12-14-24-22(16-20)26(3)23-17-21(13-15-25(23)27-24)19-10-7-6-8-11-19/h4-17H,1-3H3. The van der Waals surface area contributed by atoms with E-state index < -0.39 is 0 Å². The lowest BCUT2D eigenvalue weighted by molar-refractivity contribution is 0.475. The van der Waals surface area contributed by atoms with Gasteiger partial charge in [-0.1, -0.05) is 60.7 Å². The number of anilines is 2. The van der Waals surface area contributed by atoms with Crippen LogP contribution in [-0.2, 0) is 0 Å². The third kappa shape index (κ3) is 3.15. The summed E-state index contributed by atoms with van der Waals surface area (Å²) in [6, 6.07) is 23.2. The summed E-state index contributed by atoms with van der Waals surface area (Å²) in [4.78, 5) is 2.22. The van der Waals surface area contributed by atoms with E-state index in [0.717, 1.165) is 22.9 Å². The van der Waals surface area contributed by atoms with Gasteiger partial charge in [0.1, 0.15) is 0 Å². The Morgan fingerprint density at radius 3 is 2.22 bits per heavy atom. The van der Waals surface area contributed by atoms with E-state index in [9.17, 15) is 0 Å². The number of allylic oxidation sites excluding steroid dienone is 4. The lowest BCUT2D eigenvalue weighted by Gasteiger charge is -2.30. The number of nitrogens with zero attached hydrogens (tertiary/aromatic N) is 1. The molecular formula is C25H23NO. The van der Waals surface area contributed by atoms with Gasteiger partial charge in [-0.25, -0.2) is 0 Å². The molecule has 0 radical (unpaired) electrons. The maximum Gasteiger partial charge on any atom is 0.151 e.